The van der Waals surface area contributed by atoms with Crippen molar-refractivity contribution in [3.63, 3.8) is 0 Å². The minimum absolute atomic E-state index is 0.0719. The monoisotopic (exact) mass is 179 g/mol. The van der Waals surface area contributed by atoms with Gasteiger partial charge >= 0.3 is 0 Å². The fourth-order valence-corrected chi connectivity index (χ4v) is 1.17. The van der Waals surface area contributed by atoms with E-state index in [2.05, 4.69) is 0 Å². The molecule has 0 radical (unpaired) electrons. The maximum absolute atomic E-state index is 13.4. The summed E-state index contributed by atoms with van der Waals surface area (Å²) in [6, 6.07) is 5.25. The molecule has 0 saturated carbocycles. The average Bonchev–Trinajstić information content (AvgIpc) is 2.11. The number of nitriles is 1. The van der Waals surface area contributed by atoms with E-state index in [0.29, 0.717) is 5.56 Å². The number of methoxy groups -OCH3 is 1. The molecule has 0 N–H and O–H groups in total. The Morgan fingerprint density at radius 3 is 2.77 bits per heavy atom. The van der Waals surface area contributed by atoms with Crippen LogP contribution < -0.4 is 4.74 Å². The van der Waals surface area contributed by atoms with Gasteiger partial charge in [-0.05, 0) is 12.5 Å². The van der Waals surface area contributed by atoms with Gasteiger partial charge in [-0.1, -0.05) is 12.1 Å². The maximum Gasteiger partial charge on any atom is 0.169 e. The third-order valence-electron chi connectivity index (χ3n) is 1.85. The summed E-state index contributed by atoms with van der Waals surface area (Å²) in [5.74, 6) is -0.197. The second-order valence-electron chi connectivity index (χ2n) is 2.72. The van der Waals surface area contributed by atoms with Crippen LogP contribution in [0.4, 0.5) is 4.39 Å². The Hall–Kier alpha value is -1.56. The molecular formula is C10H10FNO. The molecule has 0 aliphatic rings. The van der Waals surface area contributed by atoms with E-state index in [1.807, 2.05) is 6.07 Å². The van der Waals surface area contributed by atoms with E-state index in [0.717, 1.165) is 5.56 Å². The van der Waals surface area contributed by atoms with Crippen molar-refractivity contribution in [2.24, 2.45) is 0 Å². The molecule has 0 heterocycles. The molecule has 1 rings (SSSR count). The first-order valence-corrected chi connectivity index (χ1v) is 3.89. The van der Waals surface area contributed by atoms with Crippen molar-refractivity contribution in [3.05, 3.63) is 29.1 Å². The highest BCUT2D eigenvalue weighted by Crippen LogP contribution is 2.24. The van der Waals surface area contributed by atoms with E-state index in [4.69, 9.17) is 10.00 Å². The van der Waals surface area contributed by atoms with Crippen molar-refractivity contribution >= 4 is 0 Å². The first kappa shape index (κ1) is 9.53. The lowest BCUT2D eigenvalue weighted by atomic mass is 10.1. The first-order chi connectivity index (χ1) is 6.20. The predicted octanol–water partition coefficient (Wildman–Crippen LogP) is 2.21. The van der Waals surface area contributed by atoms with Gasteiger partial charge in [-0.15, -0.1) is 0 Å². The number of ether oxygens (including phenoxy) is 1. The van der Waals surface area contributed by atoms with Crippen molar-refractivity contribution < 1.29 is 9.13 Å². The standard InChI is InChI=1S/C10H10FNO/c1-7-3-4-8(5-6-12)9(11)10(7)13-2/h3-4H,5H2,1-2H3. The minimum Gasteiger partial charge on any atom is -0.493 e. The highest BCUT2D eigenvalue weighted by Gasteiger charge is 2.10. The summed E-state index contributed by atoms with van der Waals surface area (Å²) in [7, 11) is 1.42. The summed E-state index contributed by atoms with van der Waals surface area (Å²) in [6.45, 7) is 1.76. The zero-order valence-corrected chi connectivity index (χ0v) is 7.60. The van der Waals surface area contributed by atoms with Gasteiger partial charge in [0.05, 0.1) is 19.6 Å². The van der Waals surface area contributed by atoms with Gasteiger partial charge in [0.1, 0.15) is 0 Å². The average molecular weight is 179 g/mol. The van der Waals surface area contributed by atoms with Crippen LogP contribution in [0.5, 0.6) is 5.75 Å². The van der Waals surface area contributed by atoms with Crippen LogP contribution in [-0.2, 0) is 6.42 Å². The quantitative estimate of drug-likeness (QED) is 0.697. The topological polar surface area (TPSA) is 33.0 Å². The maximum atomic E-state index is 13.4. The Labute approximate surface area is 76.6 Å². The third-order valence-corrected chi connectivity index (χ3v) is 1.85. The molecule has 0 atom stereocenters. The number of hydrogen-bond acceptors (Lipinski definition) is 2. The SMILES string of the molecule is COc1c(C)ccc(CC#N)c1F. The Morgan fingerprint density at radius 1 is 1.54 bits per heavy atom. The number of halogens is 1. The summed E-state index contributed by atoms with van der Waals surface area (Å²) in [6.07, 6.45) is 0.0719. The molecule has 1 aromatic carbocycles. The van der Waals surface area contributed by atoms with Crippen LogP contribution in [0.2, 0.25) is 0 Å². The molecule has 68 valence electrons. The molecule has 0 aromatic heterocycles. The normalized spacial score (nSPS) is 9.38. The van der Waals surface area contributed by atoms with E-state index in [1.165, 1.54) is 7.11 Å². The molecule has 0 bridgehead atoms. The summed E-state index contributed by atoms with van der Waals surface area (Å²) in [5.41, 5.74) is 1.12. The summed E-state index contributed by atoms with van der Waals surface area (Å²) in [5, 5.41) is 8.42. The molecule has 0 aliphatic heterocycles. The molecule has 3 heteroatoms. The number of benzene rings is 1. The van der Waals surface area contributed by atoms with Gasteiger partial charge in [0.2, 0.25) is 0 Å². The van der Waals surface area contributed by atoms with Gasteiger partial charge in [-0.2, -0.15) is 5.26 Å². The van der Waals surface area contributed by atoms with Crippen LogP contribution in [0, 0.1) is 24.1 Å². The van der Waals surface area contributed by atoms with Crippen LogP contribution in [0.25, 0.3) is 0 Å². The van der Waals surface area contributed by atoms with Crippen LogP contribution in [-0.4, -0.2) is 7.11 Å². The number of rotatable bonds is 2. The number of aryl methyl sites for hydroxylation is 1. The zero-order valence-electron chi connectivity index (χ0n) is 7.60. The van der Waals surface area contributed by atoms with Gasteiger partial charge in [-0.3, -0.25) is 0 Å². The van der Waals surface area contributed by atoms with Crippen molar-refractivity contribution in [1.82, 2.24) is 0 Å². The largest absolute Gasteiger partial charge is 0.493 e. The van der Waals surface area contributed by atoms with Gasteiger partial charge in [0.15, 0.2) is 11.6 Å². The number of hydrogen-bond donors (Lipinski definition) is 0. The lowest BCUT2D eigenvalue weighted by Crippen LogP contribution is -1.96. The first-order valence-electron chi connectivity index (χ1n) is 3.89. The van der Waals surface area contributed by atoms with Crippen molar-refractivity contribution in [1.29, 1.82) is 5.26 Å². The lowest BCUT2D eigenvalue weighted by molar-refractivity contribution is 0.381. The summed E-state index contributed by atoms with van der Waals surface area (Å²) in [4.78, 5) is 0. The van der Waals surface area contributed by atoms with Gasteiger partial charge in [0, 0.05) is 5.56 Å². The third kappa shape index (κ3) is 1.78. The molecular weight excluding hydrogens is 169 g/mol. The second kappa shape index (κ2) is 3.90. The van der Waals surface area contributed by atoms with Gasteiger partial charge in [-0.25, -0.2) is 4.39 Å². The van der Waals surface area contributed by atoms with Crippen LogP contribution in [0.1, 0.15) is 11.1 Å². The van der Waals surface area contributed by atoms with Crippen LogP contribution in [0.3, 0.4) is 0 Å². The van der Waals surface area contributed by atoms with Gasteiger partial charge < -0.3 is 4.74 Å². The molecule has 0 amide bonds. The van der Waals surface area contributed by atoms with E-state index in [1.54, 1.807) is 19.1 Å². The van der Waals surface area contributed by atoms with Crippen molar-refractivity contribution in [2.75, 3.05) is 7.11 Å². The van der Waals surface area contributed by atoms with E-state index in [9.17, 15) is 4.39 Å². The Morgan fingerprint density at radius 2 is 2.23 bits per heavy atom. The lowest BCUT2D eigenvalue weighted by Gasteiger charge is -2.07. The Balaban J connectivity index is 3.21. The van der Waals surface area contributed by atoms with Crippen molar-refractivity contribution in [2.45, 2.75) is 13.3 Å². The summed E-state index contributed by atoms with van der Waals surface area (Å²) < 4.78 is 18.3. The van der Waals surface area contributed by atoms with Gasteiger partial charge in [0.25, 0.3) is 0 Å². The Kier molecular flexibility index (Phi) is 2.86. The van der Waals surface area contributed by atoms with Crippen molar-refractivity contribution in [3.8, 4) is 11.8 Å². The van der Waals surface area contributed by atoms with E-state index < -0.39 is 5.82 Å². The van der Waals surface area contributed by atoms with E-state index in [-0.39, 0.29) is 12.2 Å². The highest BCUT2D eigenvalue weighted by molar-refractivity contribution is 5.39. The molecule has 0 aliphatic carbocycles. The van der Waals surface area contributed by atoms with Crippen LogP contribution in [0.15, 0.2) is 12.1 Å². The molecule has 0 spiro atoms. The molecule has 0 saturated heterocycles. The zero-order chi connectivity index (χ0) is 9.84. The minimum atomic E-state index is -0.427. The molecule has 0 unspecified atom stereocenters. The fourth-order valence-electron chi connectivity index (χ4n) is 1.17. The highest BCUT2D eigenvalue weighted by atomic mass is 19.1. The summed E-state index contributed by atoms with van der Waals surface area (Å²) >= 11 is 0. The molecule has 2 nitrogen and oxygen atoms in total. The molecule has 0 fully saturated rings. The van der Waals surface area contributed by atoms with Crippen LogP contribution >= 0.6 is 0 Å². The van der Waals surface area contributed by atoms with E-state index >= 15 is 0 Å². The Bertz CT molecular complexity index is 355. The molecule has 13 heavy (non-hydrogen) atoms. The fraction of sp³-hybridized carbons (Fsp3) is 0.300. The number of nitrogens with zero attached hydrogens (tertiary/aromatic N) is 1. The predicted molar refractivity (Wildman–Crippen MR) is 47.0 cm³/mol. The molecule has 1 aromatic rings. The smallest absolute Gasteiger partial charge is 0.169 e. The second-order valence-corrected chi connectivity index (χ2v) is 2.72.